The minimum Gasteiger partial charge on any atom is -0.382 e. The van der Waals surface area contributed by atoms with Gasteiger partial charge in [0.05, 0.1) is 0 Å². The van der Waals surface area contributed by atoms with Gasteiger partial charge in [0.1, 0.15) is 11.5 Å². The van der Waals surface area contributed by atoms with Gasteiger partial charge in [0.25, 0.3) is 0 Å². The molecule has 3 nitrogen and oxygen atoms in total. The van der Waals surface area contributed by atoms with Crippen molar-refractivity contribution in [2.24, 2.45) is 5.73 Å². The number of nitrogens with zero attached hydrogens (tertiary/aromatic N) is 1. The summed E-state index contributed by atoms with van der Waals surface area (Å²) >= 11 is 0. The van der Waals surface area contributed by atoms with Crippen LogP contribution in [-0.4, -0.2) is 10.8 Å². The molecule has 0 spiro atoms. The van der Waals surface area contributed by atoms with Crippen LogP contribution in [0.25, 0.3) is 0 Å². The van der Waals surface area contributed by atoms with Gasteiger partial charge in [-0.05, 0) is 24.5 Å². The lowest BCUT2D eigenvalue weighted by atomic mass is 10.1. The lowest BCUT2D eigenvalue weighted by Gasteiger charge is -2.03. The molecule has 1 heterocycles. The average Bonchev–Trinajstić information content (AvgIpc) is 2.34. The maximum atomic E-state index is 7.25. The molecule has 0 fully saturated rings. The predicted molar refractivity (Wildman–Crippen MR) is 72.3 cm³/mol. The number of hydrogen-bond donors (Lipinski definition) is 2. The van der Waals surface area contributed by atoms with Crippen molar-refractivity contribution in [3.63, 3.8) is 0 Å². The Kier molecular flexibility index (Phi) is 6.30. The van der Waals surface area contributed by atoms with Crippen LogP contribution in [0.15, 0.2) is 18.3 Å². The minimum absolute atomic E-state index is 0.0381. The highest BCUT2D eigenvalue weighted by Gasteiger charge is 1.98. The van der Waals surface area contributed by atoms with Gasteiger partial charge in [-0.15, -0.1) is 0 Å². The number of hydrogen-bond acceptors (Lipinski definition) is 2. The summed E-state index contributed by atoms with van der Waals surface area (Å²) in [5.41, 5.74) is 7.16. The number of nitrogen functional groups attached to an aromatic ring is 1. The Labute approximate surface area is 104 Å². The van der Waals surface area contributed by atoms with Gasteiger partial charge in [-0.25, -0.2) is 0 Å². The summed E-state index contributed by atoms with van der Waals surface area (Å²) in [6.07, 6.45) is 10.8. The predicted octanol–water partition coefficient (Wildman–Crippen LogP) is 3.27. The van der Waals surface area contributed by atoms with E-state index in [2.05, 4.69) is 11.9 Å². The van der Waals surface area contributed by atoms with Crippen molar-refractivity contribution in [1.29, 1.82) is 5.41 Å². The maximum absolute atomic E-state index is 7.25. The number of pyridine rings is 1. The Hall–Kier alpha value is -1.38. The zero-order chi connectivity index (χ0) is 12.5. The molecular formula is C14H23N3. The first-order valence-electron chi connectivity index (χ1n) is 6.53. The van der Waals surface area contributed by atoms with Crippen LogP contribution in [-0.2, 0) is 6.42 Å². The number of aryl methyl sites for hydroxylation is 1. The molecule has 94 valence electrons. The third kappa shape index (κ3) is 5.48. The summed E-state index contributed by atoms with van der Waals surface area (Å²) in [4.78, 5) is 4.16. The number of nitrogens with two attached hydrogens (primary N) is 1. The highest BCUT2D eigenvalue weighted by Crippen LogP contribution is 2.09. The van der Waals surface area contributed by atoms with Crippen molar-refractivity contribution in [3.05, 3.63) is 29.6 Å². The number of aromatic nitrogens is 1. The zero-order valence-electron chi connectivity index (χ0n) is 10.7. The Morgan fingerprint density at radius 1 is 1.18 bits per heavy atom. The maximum Gasteiger partial charge on any atom is 0.141 e. The SMILES string of the molecule is CCCCCCCCc1ccc(C(=N)N)nc1. The van der Waals surface area contributed by atoms with E-state index < -0.39 is 0 Å². The lowest BCUT2D eigenvalue weighted by Crippen LogP contribution is -2.12. The molecule has 17 heavy (non-hydrogen) atoms. The van der Waals surface area contributed by atoms with Crippen LogP contribution < -0.4 is 5.73 Å². The van der Waals surface area contributed by atoms with Crippen LogP contribution in [0.3, 0.4) is 0 Å². The molecular weight excluding hydrogens is 210 g/mol. The van der Waals surface area contributed by atoms with Gasteiger partial charge < -0.3 is 5.73 Å². The van der Waals surface area contributed by atoms with Crippen LogP contribution in [0, 0.1) is 5.41 Å². The monoisotopic (exact) mass is 233 g/mol. The summed E-state index contributed by atoms with van der Waals surface area (Å²) in [5.74, 6) is 0.0381. The van der Waals surface area contributed by atoms with E-state index in [1.54, 1.807) is 0 Å². The van der Waals surface area contributed by atoms with Gasteiger partial charge >= 0.3 is 0 Å². The smallest absolute Gasteiger partial charge is 0.141 e. The summed E-state index contributed by atoms with van der Waals surface area (Å²) in [5, 5.41) is 7.25. The quantitative estimate of drug-likeness (QED) is 0.411. The normalized spacial score (nSPS) is 10.4. The molecule has 0 saturated carbocycles. The Balaban J connectivity index is 2.21. The standard InChI is InChI=1S/C14H23N3/c1-2-3-4-5-6-7-8-12-9-10-13(14(15)16)17-11-12/h9-11H,2-8H2,1H3,(H3,15,16). The third-order valence-electron chi connectivity index (χ3n) is 2.92. The summed E-state index contributed by atoms with van der Waals surface area (Å²) in [6.45, 7) is 2.24. The zero-order valence-corrected chi connectivity index (χ0v) is 10.7. The second-order valence-electron chi connectivity index (χ2n) is 4.48. The fourth-order valence-electron chi connectivity index (χ4n) is 1.84. The summed E-state index contributed by atoms with van der Waals surface area (Å²) < 4.78 is 0. The highest BCUT2D eigenvalue weighted by atomic mass is 14.8. The van der Waals surface area contributed by atoms with E-state index in [1.807, 2.05) is 18.3 Å². The van der Waals surface area contributed by atoms with E-state index in [0.29, 0.717) is 5.69 Å². The van der Waals surface area contributed by atoms with E-state index >= 15 is 0 Å². The molecule has 0 aliphatic heterocycles. The van der Waals surface area contributed by atoms with Gasteiger partial charge in [0.2, 0.25) is 0 Å². The average molecular weight is 233 g/mol. The van der Waals surface area contributed by atoms with Crippen LogP contribution >= 0.6 is 0 Å². The number of unbranched alkanes of at least 4 members (excludes halogenated alkanes) is 5. The van der Waals surface area contributed by atoms with Crippen LogP contribution in [0.2, 0.25) is 0 Å². The molecule has 0 amide bonds. The molecule has 0 aliphatic rings. The molecule has 1 aromatic rings. The summed E-state index contributed by atoms with van der Waals surface area (Å²) in [6, 6.07) is 3.85. The lowest BCUT2D eigenvalue weighted by molar-refractivity contribution is 0.607. The topological polar surface area (TPSA) is 62.8 Å². The van der Waals surface area contributed by atoms with Gasteiger partial charge in [0.15, 0.2) is 0 Å². The van der Waals surface area contributed by atoms with E-state index in [1.165, 1.54) is 44.1 Å². The molecule has 0 saturated heterocycles. The van der Waals surface area contributed by atoms with E-state index in [0.717, 1.165) is 6.42 Å². The van der Waals surface area contributed by atoms with Gasteiger partial charge in [-0.3, -0.25) is 10.4 Å². The molecule has 3 heteroatoms. The first-order valence-corrected chi connectivity index (χ1v) is 6.53. The minimum atomic E-state index is 0.0381. The molecule has 0 bridgehead atoms. The first-order chi connectivity index (χ1) is 8.24. The van der Waals surface area contributed by atoms with Crippen molar-refractivity contribution in [1.82, 2.24) is 4.98 Å². The first kappa shape index (κ1) is 13.7. The Morgan fingerprint density at radius 3 is 2.47 bits per heavy atom. The molecule has 0 aromatic carbocycles. The number of amidine groups is 1. The van der Waals surface area contributed by atoms with Crippen LogP contribution in [0.4, 0.5) is 0 Å². The fraction of sp³-hybridized carbons (Fsp3) is 0.571. The molecule has 3 N–H and O–H groups in total. The van der Waals surface area contributed by atoms with Crippen molar-refractivity contribution >= 4 is 5.84 Å². The fourth-order valence-corrected chi connectivity index (χ4v) is 1.84. The molecule has 0 unspecified atom stereocenters. The van der Waals surface area contributed by atoms with Crippen molar-refractivity contribution < 1.29 is 0 Å². The molecule has 0 radical (unpaired) electrons. The summed E-state index contributed by atoms with van der Waals surface area (Å²) in [7, 11) is 0. The number of nitrogens with one attached hydrogen (secondary N) is 1. The van der Waals surface area contributed by atoms with Crippen molar-refractivity contribution in [3.8, 4) is 0 Å². The van der Waals surface area contributed by atoms with Crippen LogP contribution in [0.1, 0.15) is 56.7 Å². The van der Waals surface area contributed by atoms with Gasteiger partial charge in [0, 0.05) is 6.20 Å². The van der Waals surface area contributed by atoms with Crippen LogP contribution in [0.5, 0.6) is 0 Å². The van der Waals surface area contributed by atoms with E-state index in [9.17, 15) is 0 Å². The highest BCUT2D eigenvalue weighted by molar-refractivity contribution is 5.92. The largest absolute Gasteiger partial charge is 0.382 e. The van der Waals surface area contributed by atoms with Gasteiger partial charge in [-0.2, -0.15) is 0 Å². The van der Waals surface area contributed by atoms with Crippen molar-refractivity contribution in [2.75, 3.05) is 0 Å². The molecule has 1 aromatic heterocycles. The van der Waals surface area contributed by atoms with Crippen molar-refractivity contribution in [2.45, 2.75) is 51.9 Å². The second-order valence-corrected chi connectivity index (χ2v) is 4.48. The Bertz CT molecular complexity index is 330. The Morgan fingerprint density at radius 2 is 1.88 bits per heavy atom. The number of rotatable bonds is 8. The van der Waals surface area contributed by atoms with E-state index in [-0.39, 0.29) is 5.84 Å². The third-order valence-corrected chi connectivity index (χ3v) is 2.92. The van der Waals surface area contributed by atoms with E-state index in [4.69, 9.17) is 11.1 Å². The molecule has 1 rings (SSSR count). The van der Waals surface area contributed by atoms with Gasteiger partial charge in [-0.1, -0.05) is 45.1 Å². The molecule has 0 aliphatic carbocycles. The molecule has 0 atom stereocenters. The second kappa shape index (κ2) is 7.82.